The Bertz CT molecular complexity index is 2820. The summed E-state index contributed by atoms with van der Waals surface area (Å²) in [6.07, 6.45) is 7.94. The molecule has 0 saturated heterocycles. The van der Waals surface area contributed by atoms with Crippen molar-refractivity contribution in [1.29, 1.82) is 0 Å². The highest BCUT2D eigenvalue weighted by Crippen LogP contribution is 2.56. The number of benzene rings is 8. The van der Waals surface area contributed by atoms with Crippen molar-refractivity contribution >= 4 is 62.6 Å². The van der Waals surface area contributed by atoms with E-state index in [0.29, 0.717) is 5.92 Å². The van der Waals surface area contributed by atoms with E-state index in [9.17, 15) is 0 Å². The van der Waals surface area contributed by atoms with E-state index in [1.54, 1.807) is 0 Å². The van der Waals surface area contributed by atoms with Gasteiger partial charge in [-0.05, 0) is 140 Å². The summed E-state index contributed by atoms with van der Waals surface area (Å²) in [6, 6.07) is 70.7. The van der Waals surface area contributed by atoms with Gasteiger partial charge in [0.15, 0.2) is 11.5 Å². The van der Waals surface area contributed by atoms with Gasteiger partial charge in [-0.25, -0.2) is 0 Å². The van der Waals surface area contributed by atoms with Gasteiger partial charge in [0.05, 0.1) is 17.1 Å². The first kappa shape index (κ1) is 38.4. The van der Waals surface area contributed by atoms with Crippen LogP contribution in [0.4, 0.5) is 62.6 Å². The standard InChI is InChI=1S/C57H48N4O/c1-41-29-31-49(32-30-41)59(46-23-13-6-14-24-46)50-33-35-53(42(2)37-50)61-54-36-34-51(58(44-19-9-4-10-20-44)45-21-11-5-12-22-45)39-55(54)62-56-40-52(38-43(3)57(56)61)60(47-25-15-7-16-26-47)48-27-17-8-18-28-48/h4-29,31-41H,30H2,1-3H3. The van der Waals surface area contributed by atoms with Crippen LogP contribution in [0.2, 0.25) is 0 Å². The van der Waals surface area contributed by atoms with Gasteiger partial charge >= 0.3 is 0 Å². The van der Waals surface area contributed by atoms with Crippen molar-refractivity contribution in [2.45, 2.75) is 27.2 Å². The molecule has 1 atom stereocenters. The van der Waals surface area contributed by atoms with Crippen LogP contribution in [0, 0.1) is 19.8 Å². The summed E-state index contributed by atoms with van der Waals surface area (Å²) in [5.41, 5.74) is 15.0. The molecular formula is C57H48N4O. The normalized spacial score (nSPS) is 14.0. The first-order valence-electron chi connectivity index (χ1n) is 21.4. The highest BCUT2D eigenvalue weighted by Gasteiger charge is 2.31. The lowest BCUT2D eigenvalue weighted by Crippen LogP contribution is -2.20. The molecule has 5 nitrogen and oxygen atoms in total. The average molecular weight is 805 g/mol. The summed E-state index contributed by atoms with van der Waals surface area (Å²) in [4.78, 5) is 9.35. The minimum atomic E-state index is 0.520. The van der Waals surface area contributed by atoms with Crippen molar-refractivity contribution < 1.29 is 4.74 Å². The second kappa shape index (κ2) is 16.7. The fourth-order valence-electron chi connectivity index (χ4n) is 8.76. The maximum absolute atomic E-state index is 7.16. The third-order valence-corrected chi connectivity index (χ3v) is 11.7. The number of allylic oxidation sites excluding steroid dienone is 3. The maximum Gasteiger partial charge on any atom is 0.153 e. The number of hydrogen-bond acceptors (Lipinski definition) is 5. The van der Waals surface area contributed by atoms with E-state index < -0.39 is 0 Å². The van der Waals surface area contributed by atoms with Crippen molar-refractivity contribution in [2.75, 3.05) is 19.6 Å². The van der Waals surface area contributed by atoms with Crippen molar-refractivity contribution in [3.63, 3.8) is 0 Å². The topological polar surface area (TPSA) is 22.2 Å². The third-order valence-electron chi connectivity index (χ3n) is 11.7. The molecule has 8 aromatic rings. The van der Waals surface area contributed by atoms with Gasteiger partial charge in [0.2, 0.25) is 0 Å². The number of aryl methyl sites for hydroxylation is 2. The molecule has 0 bridgehead atoms. The van der Waals surface area contributed by atoms with Crippen LogP contribution in [0.25, 0.3) is 0 Å². The molecule has 0 fully saturated rings. The molecule has 1 aliphatic carbocycles. The molecule has 2 aliphatic rings. The van der Waals surface area contributed by atoms with Gasteiger partial charge in [0, 0.05) is 63.3 Å². The molecule has 8 aromatic carbocycles. The Morgan fingerprint density at radius 1 is 0.435 bits per heavy atom. The first-order valence-corrected chi connectivity index (χ1v) is 21.4. The molecule has 1 unspecified atom stereocenters. The predicted molar refractivity (Wildman–Crippen MR) is 260 cm³/mol. The van der Waals surface area contributed by atoms with Crippen molar-refractivity contribution in [3.05, 3.63) is 235 Å². The number of para-hydroxylation sites is 5. The van der Waals surface area contributed by atoms with Gasteiger partial charge in [0.1, 0.15) is 0 Å². The Balaban J connectivity index is 1.14. The Kier molecular flexibility index (Phi) is 10.4. The molecule has 0 saturated carbocycles. The highest BCUT2D eigenvalue weighted by molar-refractivity contribution is 5.93. The van der Waals surface area contributed by atoms with E-state index in [1.807, 2.05) is 0 Å². The van der Waals surface area contributed by atoms with Gasteiger partial charge in [-0.2, -0.15) is 0 Å². The van der Waals surface area contributed by atoms with Crippen molar-refractivity contribution in [3.8, 4) is 11.5 Å². The maximum atomic E-state index is 7.16. The highest BCUT2D eigenvalue weighted by atomic mass is 16.5. The van der Waals surface area contributed by atoms with Gasteiger partial charge in [0.25, 0.3) is 0 Å². The van der Waals surface area contributed by atoms with Crippen LogP contribution in [0.5, 0.6) is 11.5 Å². The van der Waals surface area contributed by atoms with E-state index in [1.165, 1.54) is 5.70 Å². The quantitative estimate of drug-likeness (QED) is 0.137. The summed E-state index contributed by atoms with van der Waals surface area (Å²) < 4.78 is 7.16. The number of ether oxygens (including phenoxy) is 1. The number of fused-ring (bicyclic) bond motifs is 2. The molecule has 0 N–H and O–H groups in total. The van der Waals surface area contributed by atoms with Gasteiger partial charge < -0.3 is 24.3 Å². The summed E-state index contributed by atoms with van der Waals surface area (Å²) in [5.74, 6) is 2.08. The summed E-state index contributed by atoms with van der Waals surface area (Å²) in [7, 11) is 0. The zero-order valence-corrected chi connectivity index (χ0v) is 35.3. The van der Waals surface area contributed by atoms with Crippen LogP contribution in [0.15, 0.2) is 224 Å². The van der Waals surface area contributed by atoms with Crippen LogP contribution in [0.1, 0.15) is 24.5 Å². The van der Waals surface area contributed by atoms with Crippen LogP contribution in [-0.2, 0) is 0 Å². The minimum Gasteiger partial charge on any atom is -0.453 e. The molecule has 5 heteroatoms. The molecule has 0 spiro atoms. The third kappa shape index (κ3) is 7.39. The van der Waals surface area contributed by atoms with Crippen molar-refractivity contribution in [1.82, 2.24) is 0 Å². The SMILES string of the molecule is Cc1cc(N(C2=CCC(C)C=C2)c2ccccc2)ccc1N1c2ccc(N(c3ccccc3)c3ccccc3)cc2Oc2cc(N(c3ccccc3)c3ccccc3)cc(C)c21. The monoisotopic (exact) mass is 804 g/mol. The Hall–Kier alpha value is -7.76. The first-order chi connectivity index (χ1) is 30.5. The van der Waals surface area contributed by atoms with E-state index in [2.05, 4.69) is 259 Å². The molecule has 0 aromatic heterocycles. The molecule has 302 valence electrons. The second-order valence-corrected chi connectivity index (χ2v) is 16.1. The number of rotatable bonds is 10. The zero-order chi connectivity index (χ0) is 42.0. The largest absolute Gasteiger partial charge is 0.453 e. The molecule has 1 aliphatic heterocycles. The molecule has 62 heavy (non-hydrogen) atoms. The van der Waals surface area contributed by atoms with E-state index >= 15 is 0 Å². The van der Waals surface area contributed by atoms with Gasteiger partial charge in [-0.1, -0.05) is 110 Å². The molecule has 0 amide bonds. The summed E-state index contributed by atoms with van der Waals surface area (Å²) in [6.45, 7) is 6.69. The lowest BCUT2D eigenvalue weighted by molar-refractivity contribution is 0.476. The number of anilines is 11. The zero-order valence-electron chi connectivity index (χ0n) is 35.3. The fraction of sp³-hybridized carbons (Fsp3) is 0.0877. The summed E-state index contributed by atoms with van der Waals surface area (Å²) in [5, 5.41) is 0. The molecule has 1 heterocycles. The van der Waals surface area contributed by atoms with Crippen LogP contribution in [0.3, 0.4) is 0 Å². The van der Waals surface area contributed by atoms with E-state index in [4.69, 9.17) is 4.74 Å². The smallest absolute Gasteiger partial charge is 0.153 e. The van der Waals surface area contributed by atoms with Crippen LogP contribution < -0.4 is 24.3 Å². The predicted octanol–water partition coefficient (Wildman–Crippen LogP) is 16.4. The fourth-order valence-corrected chi connectivity index (χ4v) is 8.76. The number of nitrogens with zero attached hydrogens (tertiary/aromatic N) is 4. The van der Waals surface area contributed by atoms with Gasteiger partial charge in [-0.15, -0.1) is 0 Å². The molecule has 0 radical (unpaired) electrons. The summed E-state index contributed by atoms with van der Waals surface area (Å²) >= 11 is 0. The Labute approximate surface area is 365 Å². The Morgan fingerprint density at radius 2 is 0.871 bits per heavy atom. The van der Waals surface area contributed by atoms with Gasteiger partial charge in [-0.3, -0.25) is 0 Å². The molecular weight excluding hydrogens is 757 g/mol. The van der Waals surface area contributed by atoms with E-state index in [0.717, 1.165) is 91.6 Å². The molecule has 10 rings (SSSR count). The second-order valence-electron chi connectivity index (χ2n) is 16.1. The average Bonchev–Trinajstić information content (AvgIpc) is 3.31. The lowest BCUT2D eigenvalue weighted by atomic mass is 10.00. The number of hydrogen-bond donors (Lipinski definition) is 0. The lowest BCUT2D eigenvalue weighted by Gasteiger charge is -2.37. The van der Waals surface area contributed by atoms with Crippen LogP contribution in [-0.4, -0.2) is 0 Å². The van der Waals surface area contributed by atoms with E-state index in [-0.39, 0.29) is 0 Å². The van der Waals surface area contributed by atoms with Crippen LogP contribution >= 0.6 is 0 Å². The Morgan fingerprint density at radius 3 is 1.35 bits per heavy atom. The van der Waals surface area contributed by atoms with Crippen molar-refractivity contribution in [2.24, 2.45) is 5.92 Å². The minimum absolute atomic E-state index is 0.520.